The Hall–Kier alpha value is -2.37. The van der Waals surface area contributed by atoms with E-state index in [2.05, 4.69) is 5.32 Å². The molecule has 0 saturated heterocycles. The van der Waals surface area contributed by atoms with Crippen molar-refractivity contribution in [3.05, 3.63) is 35.4 Å². The second-order valence-corrected chi connectivity index (χ2v) is 8.57. The first-order chi connectivity index (χ1) is 12.2. The van der Waals surface area contributed by atoms with Crippen LogP contribution in [-0.4, -0.2) is 40.5 Å². The summed E-state index contributed by atoms with van der Waals surface area (Å²) in [6.07, 6.45) is 2.13. The molecule has 1 aromatic rings. The quantitative estimate of drug-likeness (QED) is 0.827. The number of nitrogens with one attached hydrogen (secondary N) is 1. The van der Waals surface area contributed by atoms with Crippen molar-refractivity contribution in [1.29, 1.82) is 0 Å². The number of ether oxygens (including phenoxy) is 1. The standard InChI is InChI=1S/C20H24N2O4/c1-20(2,3)26-19(25)21-15-9-11-8-12(11)10-16(15)22-17(23)13-6-4-5-7-14(13)18(22)24/h4-7,11-12,15-16H,8-10H2,1-3H3,(H,21,25)/t11?,12?,15-,16+/m0/s1. The molecule has 0 spiro atoms. The predicted octanol–water partition coefficient (Wildman–Crippen LogP) is 2.97. The monoisotopic (exact) mass is 356 g/mol. The first-order valence-electron chi connectivity index (χ1n) is 9.21. The van der Waals surface area contributed by atoms with Gasteiger partial charge in [0.1, 0.15) is 5.60 Å². The maximum atomic E-state index is 12.8. The highest BCUT2D eigenvalue weighted by molar-refractivity contribution is 6.21. The molecule has 2 aliphatic carbocycles. The van der Waals surface area contributed by atoms with Crippen LogP contribution in [0.3, 0.4) is 0 Å². The minimum Gasteiger partial charge on any atom is -0.444 e. The number of fused-ring (bicyclic) bond motifs is 2. The van der Waals surface area contributed by atoms with Gasteiger partial charge < -0.3 is 10.1 Å². The molecule has 6 heteroatoms. The molecule has 4 atom stereocenters. The van der Waals surface area contributed by atoms with Crippen LogP contribution in [0.1, 0.15) is 60.7 Å². The molecule has 2 fully saturated rings. The molecule has 0 aromatic heterocycles. The van der Waals surface area contributed by atoms with E-state index in [1.165, 1.54) is 4.90 Å². The highest BCUT2D eigenvalue weighted by Gasteiger charge is 2.52. The van der Waals surface area contributed by atoms with Crippen molar-refractivity contribution in [2.45, 2.75) is 57.7 Å². The molecule has 2 saturated carbocycles. The van der Waals surface area contributed by atoms with Gasteiger partial charge in [-0.1, -0.05) is 12.1 Å². The molecule has 138 valence electrons. The van der Waals surface area contributed by atoms with Crippen molar-refractivity contribution in [3.63, 3.8) is 0 Å². The average molecular weight is 356 g/mol. The molecular weight excluding hydrogens is 332 g/mol. The zero-order chi connectivity index (χ0) is 18.6. The lowest BCUT2D eigenvalue weighted by molar-refractivity contribution is 0.0365. The van der Waals surface area contributed by atoms with Crippen LogP contribution in [0.15, 0.2) is 24.3 Å². The number of alkyl carbamates (subject to hydrolysis) is 1. The molecule has 1 N–H and O–H groups in total. The van der Waals surface area contributed by atoms with Gasteiger partial charge in [0.2, 0.25) is 0 Å². The molecular formula is C20H24N2O4. The molecule has 1 aromatic carbocycles. The Morgan fingerprint density at radius 3 is 2.19 bits per heavy atom. The highest BCUT2D eigenvalue weighted by Crippen LogP contribution is 2.51. The van der Waals surface area contributed by atoms with Gasteiger partial charge in [-0.15, -0.1) is 0 Å². The van der Waals surface area contributed by atoms with E-state index >= 15 is 0 Å². The maximum absolute atomic E-state index is 12.8. The number of imide groups is 1. The summed E-state index contributed by atoms with van der Waals surface area (Å²) in [5, 5.41) is 2.92. The molecule has 3 amide bonds. The number of amides is 3. The third-order valence-electron chi connectivity index (χ3n) is 5.49. The number of benzene rings is 1. The van der Waals surface area contributed by atoms with Gasteiger partial charge in [-0.3, -0.25) is 14.5 Å². The van der Waals surface area contributed by atoms with E-state index < -0.39 is 11.7 Å². The van der Waals surface area contributed by atoms with Crippen molar-refractivity contribution in [3.8, 4) is 0 Å². The van der Waals surface area contributed by atoms with E-state index in [1.54, 1.807) is 24.3 Å². The Balaban J connectivity index is 1.57. The zero-order valence-corrected chi connectivity index (χ0v) is 15.3. The number of carbonyl (C=O) groups excluding carboxylic acids is 3. The first kappa shape index (κ1) is 17.1. The van der Waals surface area contributed by atoms with E-state index in [0.717, 1.165) is 19.3 Å². The average Bonchev–Trinajstić information content (AvgIpc) is 3.26. The zero-order valence-electron chi connectivity index (χ0n) is 15.3. The van der Waals surface area contributed by atoms with Crippen molar-refractivity contribution in [2.24, 2.45) is 11.8 Å². The van der Waals surface area contributed by atoms with Crippen LogP contribution in [0.5, 0.6) is 0 Å². The maximum Gasteiger partial charge on any atom is 0.407 e. The number of rotatable bonds is 2. The van der Waals surface area contributed by atoms with Crippen LogP contribution in [0.4, 0.5) is 4.79 Å². The van der Waals surface area contributed by atoms with E-state index in [1.807, 2.05) is 20.8 Å². The van der Waals surface area contributed by atoms with Crippen LogP contribution in [-0.2, 0) is 4.74 Å². The van der Waals surface area contributed by atoms with Crippen molar-refractivity contribution < 1.29 is 19.1 Å². The fraction of sp³-hybridized carbons (Fsp3) is 0.550. The summed E-state index contributed by atoms with van der Waals surface area (Å²) in [5.74, 6) is 0.596. The third-order valence-corrected chi connectivity index (χ3v) is 5.49. The molecule has 26 heavy (non-hydrogen) atoms. The molecule has 0 bridgehead atoms. The SMILES string of the molecule is CC(C)(C)OC(=O)N[C@H]1CC2CC2C[C@H]1N1C(=O)c2ccccc2C1=O. The summed E-state index contributed by atoms with van der Waals surface area (Å²) in [4.78, 5) is 39.3. The Bertz CT molecular complexity index is 747. The summed E-state index contributed by atoms with van der Waals surface area (Å²) >= 11 is 0. The number of carbonyl (C=O) groups is 3. The van der Waals surface area contributed by atoms with Gasteiger partial charge in [-0.2, -0.15) is 0 Å². The molecule has 1 heterocycles. The molecule has 6 nitrogen and oxygen atoms in total. The largest absolute Gasteiger partial charge is 0.444 e. The van der Waals surface area contributed by atoms with Gasteiger partial charge >= 0.3 is 6.09 Å². The topological polar surface area (TPSA) is 75.7 Å². The van der Waals surface area contributed by atoms with Crippen LogP contribution in [0.2, 0.25) is 0 Å². The Labute approximate surface area is 152 Å². The van der Waals surface area contributed by atoms with E-state index in [9.17, 15) is 14.4 Å². The fourth-order valence-electron chi connectivity index (χ4n) is 4.25. The van der Waals surface area contributed by atoms with Crippen LogP contribution in [0.25, 0.3) is 0 Å². The fourth-order valence-corrected chi connectivity index (χ4v) is 4.25. The van der Waals surface area contributed by atoms with Crippen molar-refractivity contribution in [1.82, 2.24) is 10.2 Å². The number of hydrogen-bond acceptors (Lipinski definition) is 4. The Morgan fingerprint density at radius 1 is 1.04 bits per heavy atom. The highest BCUT2D eigenvalue weighted by atomic mass is 16.6. The van der Waals surface area contributed by atoms with Crippen LogP contribution >= 0.6 is 0 Å². The molecule has 0 radical (unpaired) electrons. The van der Waals surface area contributed by atoms with E-state index in [-0.39, 0.29) is 23.9 Å². The molecule has 3 aliphatic rings. The number of nitrogens with zero attached hydrogens (tertiary/aromatic N) is 1. The summed E-state index contributed by atoms with van der Waals surface area (Å²) in [6.45, 7) is 5.43. The van der Waals surface area contributed by atoms with E-state index in [4.69, 9.17) is 4.74 Å². The first-order valence-corrected chi connectivity index (χ1v) is 9.21. The Morgan fingerprint density at radius 2 is 1.62 bits per heavy atom. The summed E-state index contributed by atoms with van der Waals surface area (Å²) < 4.78 is 5.38. The lowest BCUT2D eigenvalue weighted by Gasteiger charge is -2.37. The van der Waals surface area contributed by atoms with Gasteiger partial charge in [-0.05, 0) is 64.0 Å². The minimum absolute atomic E-state index is 0.259. The normalized spacial score (nSPS) is 29.9. The summed E-state index contributed by atoms with van der Waals surface area (Å²) in [5.41, 5.74) is 0.309. The number of hydrogen-bond donors (Lipinski definition) is 1. The van der Waals surface area contributed by atoms with Gasteiger partial charge in [0.05, 0.1) is 23.2 Å². The second-order valence-electron chi connectivity index (χ2n) is 8.57. The van der Waals surface area contributed by atoms with Gasteiger partial charge in [0.15, 0.2) is 0 Å². The lowest BCUT2D eigenvalue weighted by Crippen LogP contribution is -2.56. The predicted molar refractivity (Wildman–Crippen MR) is 94.7 cm³/mol. The minimum atomic E-state index is -0.591. The van der Waals surface area contributed by atoms with Crippen molar-refractivity contribution >= 4 is 17.9 Å². The molecule has 1 aliphatic heterocycles. The third kappa shape index (κ3) is 2.97. The van der Waals surface area contributed by atoms with Gasteiger partial charge in [-0.25, -0.2) is 4.79 Å². The Kier molecular flexibility index (Phi) is 3.82. The van der Waals surface area contributed by atoms with Gasteiger partial charge in [0.25, 0.3) is 11.8 Å². The van der Waals surface area contributed by atoms with Gasteiger partial charge in [0, 0.05) is 0 Å². The second kappa shape index (κ2) is 5.83. The summed E-state index contributed by atoms with van der Waals surface area (Å²) in [7, 11) is 0. The van der Waals surface area contributed by atoms with E-state index in [0.29, 0.717) is 23.0 Å². The lowest BCUT2D eigenvalue weighted by atomic mass is 9.89. The summed E-state index contributed by atoms with van der Waals surface area (Å²) in [6, 6.07) is 6.32. The smallest absolute Gasteiger partial charge is 0.407 e. The molecule has 4 rings (SSSR count). The van der Waals surface area contributed by atoms with Crippen LogP contribution < -0.4 is 5.32 Å². The van der Waals surface area contributed by atoms with Crippen LogP contribution in [0, 0.1) is 11.8 Å². The van der Waals surface area contributed by atoms with Crippen molar-refractivity contribution in [2.75, 3.05) is 0 Å². The molecule has 2 unspecified atom stereocenters.